The summed E-state index contributed by atoms with van der Waals surface area (Å²) >= 11 is 0. The van der Waals surface area contributed by atoms with Gasteiger partial charge in [0.15, 0.2) is 6.10 Å². The minimum atomic E-state index is -1.13. The second-order valence-corrected chi connectivity index (χ2v) is 16.7. The van der Waals surface area contributed by atoms with E-state index in [1.807, 2.05) is 0 Å². The second kappa shape index (κ2) is 40.1. The van der Waals surface area contributed by atoms with Crippen LogP contribution in [-0.2, 0) is 28.6 Å². The molecule has 0 heterocycles. The maximum absolute atomic E-state index is 12.7. The van der Waals surface area contributed by atoms with Gasteiger partial charge in [0.2, 0.25) is 0 Å². The number of quaternary nitrogens is 1. The molecule has 2 unspecified atom stereocenters. The zero-order chi connectivity index (χ0) is 42.1. The van der Waals surface area contributed by atoms with Gasteiger partial charge < -0.3 is 28.6 Å². The Balaban J connectivity index is 4.36. The summed E-state index contributed by atoms with van der Waals surface area (Å²) < 4.78 is 17.2. The molecule has 8 heteroatoms. The molecule has 0 radical (unpaired) electrons. The molecule has 0 amide bonds. The van der Waals surface area contributed by atoms with Crippen LogP contribution >= 0.6 is 0 Å². The predicted molar refractivity (Wildman–Crippen MR) is 236 cm³/mol. The van der Waals surface area contributed by atoms with Crippen molar-refractivity contribution in [1.29, 1.82) is 0 Å². The first-order valence-corrected chi connectivity index (χ1v) is 23.2. The molecule has 0 aromatic rings. The number of nitrogens with zero attached hydrogens (tertiary/aromatic N) is 1. The molecule has 2 atom stereocenters. The van der Waals surface area contributed by atoms with Crippen LogP contribution in [0.1, 0.15) is 194 Å². The highest BCUT2D eigenvalue weighted by Gasteiger charge is 2.25. The summed E-state index contributed by atoms with van der Waals surface area (Å²) in [6, 6.07) is -0.731. The third-order valence-corrected chi connectivity index (χ3v) is 10.2. The number of esters is 2. The van der Waals surface area contributed by atoms with Gasteiger partial charge in [0.1, 0.15) is 12.6 Å². The summed E-state index contributed by atoms with van der Waals surface area (Å²) in [4.78, 5) is 36.9. The molecular weight excluding hydrogens is 715 g/mol. The maximum Gasteiger partial charge on any atom is 0.306 e. The highest BCUT2D eigenvalue weighted by Crippen LogP contribution is 2.13. The SMILES string of the molecule is CCCCC/C=C/C=C/CCCCCCCCC(=O)OC(COCCC(C(=O)[O-])[N+](C)(C)C)COC(=O)CCCCCCC/C=C/C=C/CCCCCCCCC. The van der Waals surface area contributed by atoms with Crippen molar-refractivity contribution >= 4 is 17.9 Å². The number of carboxylic acids is 1. The minimum absolute atomic E-state index is 0.0302. The number of carbonyl (C=O) groups is 3. The van der Waals surface area contributed by atoms with E-state index in [1.165, 1.54) is 83.5 Å². The first-order chi connectivity index (χ1) is 27.6. The van der Waals surface area contributed by atoms with Crippen LogP contribution < -0.4 is 5.11 Å². The Bertz CT molecular complexity index is 1070. The normalized spacial score (nSPS) is 13.4. The van der Waals surface area contributed by atoms with Crippen LogP contribution in [0.5, 0.6) is 0 Å². The number of carbonyl (C=O) groups excluding carboxylic acids is 3. The lowest BCUT2D eigenvalue weighted by Crippen LogP contribution is -2.55. The van der Waals surface area contributed by atoms with Gasteiger partial charge >= 0.3 is 11.9 Å². The second-order valence-electron chi connectivity index (χ2n) is 16.7. The Labute approximate surface area is 350 Å². The van der Waals surface area contributed by atoms with Crippen LogP contribution in [-0.4, -0.2) is 75.5 Å². The van der Waals surface area contributed by atoms with Crippen LogP contribution in [0, 0.1) is 0 Å². The molecule has 0 bridgehead atoms. The van der Waals surface area contributed by atoms with Gasteiger partial charge in [-0.1, -0.05) is 159 Å². The van der Waals surface area contributed by atoms with Crippen molar-refractivity contribution in [2.24, 2.45) is 0 Å². The van der Waals surface area contributed by atoms with Gasteiger partial charge in [-0.15, -0.1) is 0 Å². The summed E-state index contributed by atoms with van der Waals surface area (Å²) in [5.41, 5.74) is 0. The van der Waals surface area contributed by atoms with E-state index in [-0.39, 0.29) is 42.7 Å². The number of ether oxygens (including phenoxy) is 3. The van der Waals surface area contributed by atoms with Gasteiger partial charge in [-0.25, -0.2) is 0 Å². The highest BCUT2D eigenvalue weighted by atomic mass is 16.6. The van der Waals surface area contributed by atoms with Crippen LogP contribution in [0.15, 0.2) is 48.6 Å². The van der Waals surface area contributed by atoms with E-state index in [4.69, 9.17) is 14.2 Å². The zero-order valence-electron chi connectivity index (χ0n) is 37.5. The van der Waals surface area contributed by atoms with E-state index in [0.717, 1.165) is 77.0 Å². The molecule has 0 saturated carbocycles. The number of hydrogen-bond acceptors (Lipinski definition) is 7. The molecule has 8 nitrogen and oxygen atoms in total. The largest absolute Gasteiger partial charge is 0.544 e. The van der Waals surface area contributed by atoms with E-state index in [0.29, 0.717) is 12.8 Å². The van der Waals surface area contributed by atoms with Crippen molar-refractivity contribution in [2.75, 3.05) is 41.0 Å². The Kier molecular flexibility index (Phi) is 38.2. The predicted octanol–water partition coefficient (Wildman–Crippen LogP) is 11.5. The Morgan fingerprint density at radius 2 is 0.912 bits per heavy atom. The summed E-state index contributed by atoms with van der Waals surface area (Å²) in [6.45, 7) is 4.60. The number of hydrogen-bond donors (Lipinski definition) is 0. The highest BCUT2D eigenvalue weighted by molar-refractivity contribution is 5.70. The molecule has 0 aromatic carbocycles. The average molecular weight is 802 g/mol. The first-order valence-electron chi connectivity index (χ1n) is 23.2. The quantitative estimate of drug-likeness (QED) is 0.0262. The van der Waals surface area contributed by atoms with Gasteiger partial charge in [-0.3, -0.25) is 9.59 Å². The average Bonchev–Trinajstić information content (AvgIpc) is 3.17. The first kappa shape index (κ1) is 54.3. The molecule has 330 valence electrons. The molecule has 0 aliphatic carbocycles. The molecule has 0 fully saturated rings. The molecule has 0 saturated heterocycles. The summed E-state index contributed by atoms with van der Waals surface area (Å²) in [5, 5.41) is 11.6. The summed E-state index contributed by atoms with van der Waals surface area (Å²) in [6.07, 6.45) is 47.0. The fraction of sp³-hybridized carbons (Fsp3) is 0.776. The van der Waals surface area contributed by atoms with Crippen LogP contribution in [0.2, 0.25) is 0 Å². The molecule has 0 aliphatic rings. The van der Waals surface area contributed by atoms with E-state index >= 15 is 0 Å². The lowest BCUT2D eigenvalue weighted by molar-refractivity contribution is -0.889. The summed E-state index contributed by atoms with van der Waals surface area (Å²) in [5.74, 6) is -1.77. The molecule has 0 aromatic heterocycles. The van der Waals surface area contributed by atoms with Gasteiger partial charge in [-0.05, 0) is 64.2 Å². The van der Waals surface area contributed by atoms with Gasteiger partial charge in [0, 0.05) is 19.3 Å². The van der Waals surface area contributed by atoms with Crippen molar-refractivity contribution in [3.05, 3.63) is 48.6 Å². The zero-order valence-corrected chi connectivity index (χ0v) is 37.5. The van der Waals surface area contributed by atoms with Crippen molar-refractivity contribution in [3.8, 4) is 0 Å². The third-order valence-electron chi connectivity index (χ3n) is 10.2. The van der Waals surface area contributed by atoms with E-state index < -0.39 is 18.1 Å². The van der Waals surface area contributed by atoms with E-state index in [9.17, 15) is 19.5 Å². The molecule has 0 spiro atoms. The number of rotatable bonds is 41. The maximum atomic E-state index is 12.7. The Hall–Kier alpha value is -2.71. The number of aliphatic carboxylic acids is 1. The van der Waals surface area contributed by atoms with Crippen LogP contribution in [0.4, 0.5) is 0 Å². The topological polar surface area (TPSA) is 102 Å². The number of carboxylic acid groups (broad SMARTS) is 1. The molecule has 0 rings (SSSR count). The van der Waals surface area contributed by atoms with E-state index in [1.54, 1.807) is 21.1 Å². The fourth-order valence-corrected chi connectivity index (χ4v) is 6.58. The monoisotopic (exact) mass is 802 g/mol. The van der Waals surface area contributed by atoms with Crippen LogP contribution in [0.3, 0.4) is 0 Å². The molecule has 57 heavy (non-hydrogen) atoms. The van der Waals surface area contributed by atoms with Crippen LogP contribution in [0.25, 0.3) is 0 Å². The lowest BCUT2D eigenvalue weighted by Gasteiger charge is -2.34. The molecular formula is C49H87NO7. The number of unbranched alkanes of at least 4 members (excludes halogenated alkanes) is 21. The van der Waals surface area contributed by atoms with Crippen molar-refractivity contribution in [1.82, 2.24) is 0 Å². The molecule has 0 N–H and O–H groups in total. The van der Waals surface area contributed by atoms with Crippen molar-refractivity contribution < 1.29 is 38.2 Å². The smallest absolute Gasteiger partial charge is 0.306 e. The third kappa shape index (κ3) is 38.6. The molecule has 0 aliphatic heterocycles. The van der Waals surface area contributed by atoms with Crippen molar-refractivity contribution in [3.63, 3.8) is 0 Å². The minimum Gasteiger partial charge on any atom is -0.544 e. The Morgan fingerprint density at radius 3 is 1.35 bits per heavy atom. The van der Waals surface area contributed by atoms with Gasteiger partial charge in [-0.2, -0.15) is 0 Å². The van der Waals surface area contributed by atoms with Crippen molar-refractivity contribution in [2.45, 2.75) is 206 Å². The standard InChI is InChI=1S/C49H87NO7/c1-6-8-10-12-14-16-18-20-22-23-24-26-27-29-31-33-35-37-39-47(51)56-44-45(43-55-42-41-46(49(53)54)50(3,4)5)57-48(52)40-38-36-34-32-30-28-25-21-19-17-15-13-11-9-7-2/h15,17,19,21-24,26,45-46H,6-14,16,18,20,25,27-44H2,1-5H3/b17-15+,21-19+,23-22+,26-24+. The van der Waals surface area contributed by atoms with Gasteiger partial charge in [0.05, 0.1) is 40.3 Å². The lowest BCUT2D eigenvalue weighted by atomic mass is 10.1. The van der Waals surface area contributed by atoms with Gasteiger partial charge in [0.25, 0.3) is 0 Å². The number of likely N-dealkylation sites (N-methyl/N-ethyl adjacent to an activating group) is 1. The Morgan fingerprint density at radius 1 is 0.526 bits per heavy atom. The number of allylic oxidation sites excluding steroid dienone is 8. The van der Waals surface area contributed by atoms with E-state index in [2.05, 4.69) is 62.5 Å². The fourth-order valence-electron chi connectivity index (χ4n) is 6.58. The summed E-state index contributed by atoms with van der Waals surface area (Å²) in [7, 11) is 5.40.